The molecular weight excluding hydrogens is 221 g/mol. The fourth-order valence-electron chi connectivity index (χ4n) is 1.29. The molecule has 5 nitrogen and oxygen atoms in total. The number of amides is 1. The van der Waals surface area contributed by atoms with E-state index >= 15 is 0 Å². The van der Waals surface area contributed by atoms with Crippen LogP contribution in [-0.4, -0.2) is 29.7 Å². The number of anilines is 1. The third-order valence-electron chi connectivity index (χ3n) is 2.05. The highest BCUT2D eigenvalue weighted by Gasteiger charge is 2.05. The number of hydrogen-bond donors (Lipinski definition) is 3. The van der Waals surface area contributed by atoms with Gasteiger partial charge in [0.1, 0.15) is 5.75 Å². The first kappa shape index (κ1) is 13.5. The van der Waals surface area contributed by atoms with Crippen LogP contribution >= 0.6 is 0 Å². The van der Waals surface area contributed by atoms with Gasteiger partial charge in [-0.3, -0.25) is 4.79 Å². The predicted octanol–water partition coefficient (Wildman–Crippen LogP) is 0.887. The first-order chi connectivity index (χ1) is 8.08. The second-order valence-corrected chi connectivity index (χ2v) is 3.68. The molecule has 0 atom stereocenters. The largest absolute Gasteiger partial charge is 0.494 e. The van der Waals surface area contributed by atoms with E-state index in [9.17, 15) is 4.79 Å². The highest BCUT2D eigenvalue weighted by Crippen LogP contribution is 2.15. The molecule has 0 aliphatic rings. The smallest absolute Gasteiger partial charge is 0.451 e. The third-order valence-corrected chi connectivity index (χ3v) is 2.05. The molecule has 17 heavy (non-hydrogen) atoms. The second kappa shape index (κ2) is 6.93. The van der Waals surface area contributed by atoms with Crippen LogP contribution in [0.2, 0.25) is 6.32 Å². The van der Waals surface area contributed by atoms with Crippen molar-refractivity contribution in [1.29, 1.82) is 0 Å². The average Bonchev–Trinajstić information content (AvgIpc) is 2.25. The van der Waals surface area contributed by atoms with Gasteiger partial charge in [0.15, 0.2) is 0 Å². The molecule has 0 bridgehead atoms. The van der Waals surface area contributed by atoms with E-state index in [-0.39, 0.29) is 5.91 Å². The van der Waals surface area contributed by atoms with Crippen molar-refractivity contribution in [3.05, 3.63) is 24.3 Å². The second-order valence-electron chi connectivity index (χ2n) is 3.68. The number of nitrogens with one attached hydrogen (secondary N) is 1. The molecule has 1 aromatic carbocycles. The molecule has 92 valence electrons. The topological polar surface area (TPSA) is 78.8 Å². The molecule has 0 saturated heterocycles. The summed E-state index contributed by atoms with van der Waals surface area (Å²) < 4.78 is 5.38. The summed E-state index contributed by atoms with van der Waals surface area (Å²) in [4.78, 5) is 10.8. The van der Waals surface area contributed by atoms with Crippen molar-refractivity contribution in [3.8, 4) is 5.75 Å². The number of ether oxygens (including phenoxy) is 1. The van der Waals surface area contributed by atoms with Crippen LogP contribution in [0.3, 0.4) is 0 Å². The predicted molar refractivity (Wildman–Crippen MR) is 65.9 cm³/mol. The highest BCUT2D eigenvalue weighted by atomic mass is 16.5. The van der Waals surface area contributed by atoms with Gasteiger partial charge in [-0.1, -0.05) is 0 Å². The number of hydrogen-bond acceptors (Lipinski definition) is 4. The van der Waals surface area contributed by atoms with E-state index in [4.69, 9.17) is 14.8 Å². The summed E-state index contributed by atoms with van der Waals surface area (Å²) in [6.07, 6.45) is 0.870. The zero-order valence-corrected chi connectivity index (χ0v) is 9.72. The lowest BCUT2D eigenvalue weighted by atomic mass is 9.85. The Bertz CT molecular complexity index is 353. The van der Waals surface area contributed by atoms with Gasteiger partial charge in [0.2, 0.25) is 5.91 Å². The van der Waals surface area contributed by atoms with Crippen LogP contribution in [-0.2, 0) is 4.79 Å². The van der Waals surface area contributed by atoms with Crippen LogP contribution in [0.1, 0.15) is 13.3 Å². The molecule has 0 unspecified atom stereocenters. The molecule has 0 heterocycles. The highest BCUT2D eigenvalue weighted by molar-refractivity contribution is 6.40. The minimum absolute atomic E-state index is 0.115. The summed E-state index contributed by atoms with van der Waals surface area (Å²) in [5.74, 6) is 0.571. The van der Waals surface area contributed by atoms with Gasteiger partial charge >= 0.3 is 7.12 Å². The van der Waals surface area contributed by atoms with Crippen molar-refractivity contribution >= 4 is 18.7 Å². The SMILES string of the molecule is CC(=O)Nc1ccc(OCCCB(O)O)cc1. The summed E-state index contributed by atoms with van der Waals surface area (Å²) in [5.41, 5.74) is 0.718. The lowest BCUT2D eigenvalue weighted by Crippen LogP contribution is -2.11. The van der Waals surface area contributed by atoms with Gasteiger partial charge < -0.3 is 20.1 Å². The van der Waals surface area contributed by atoms with Gasteiger partial charge in [-0.05, 0) is 37.0 Å². The summed E-state index contributed by atoms with van der Waals surface area (Å²) in [7, 11) is -1.28. The third kappa shape index (κ3) is 5.94. The summed E-state index contributed by atoms with van der Waals surface area (Å²) >= 11 is 0. The zero-order chi connectivity index (χ0) is 12.7. The molecular formula is C11H16BNO4. The molecule has 0 aliphatic heterocycles. The standard InChI is InChI=1S/C11H16BNO4/c1-9(14)13-10-3-5-11(6-4-10)17-8-2-7-12(15)16/h3-6,15-16H,2,7-8H2,1H3,(H,13,14). The Hall–Kier alpha value is -1.53. The van der Waals surface area contributed by atoms with Crippen LogP contribution in [0.5, 0.6) is 5.75 Å². The lowest BCUT2D eigenvalue weighted by molar-refractivity contribution is -0.114. The van der Waals surface area contributed by atoms with Crippen LogP contribution in [0.25, 0.3) is 0 Å². The normalized spacial score (nSPS) is 9.82. The molecule has 0 fully saturated rings. The Balaban J connectivity index is 2.32. The first-order valence-electron chi connectivity index (χ1n) is 5.44. The molecule has 1 rings (SSSR count). The molecule has 1 aromatic rings. The van der Waals surface area contributed by atoms with Gasteiger partial charge in [-0.25, -0.2) is 0 Å². The monoisotopic (exact) mass is 237 g/mol. The van der Waals surface area contributed by atoms with Crippen LogP contribution in [0.4, 0.5) is 5.69 Å². The Morgan fingerprint density at radius 2 is 2.00 bits per heavy atom. The molecule has 0 spiro atoms. The van der Waals surface area contributed by atoms with Gasteiger partial charge in [-0.2, -0.15) is 0 Å². The maximum absolute atomic E-state index is 10.8. The molecule has 0 saturated carbocycles. The van der Waals surface area contributed by atoms with E-state index in [1.54, 1.807) is 24.3 Å². The van der Waals surface area contributed by atoms with E-state index in [2.05, 4.69) is 5.32 Å². The summed E-state index contributed by atoms with van der Waals surface area (Å²) in [6, 6.07) is 7.00. The number of rotatable bonds is 6. The van der Waals surface area contributed by atoms with E-state index in [1.807, 2.05) is 0 Å². The summed E-state index contributed by atoms with van der Waals surface area (Å²) in [6.45, 7) is 1.88. The minimum atomic E-state index is -1.28. The fraction of sp³-hybridized carbons (Fsp3) is 0.364. The summed E-state index contributed by atoms with van der Waals surface area (Å²) in [5, 5.41) is 19.9. The van der Waals surface area contributed by atoms with Crippen LogP contribution in [0, 0.1) is 0 Å². The first-order valence-corrected chi connectivity index (χ1v) is 5.44. The Morgan fingerprint density at radius 3 is 2.53 bits per heavy atom. The molecule has 0 aromatic heterocycles. The van der Waals surface area contributed by atoms with Crippen molar-refractivity contribution in [1.82, 2.24) is 0 Å². The molecule has 1 amide bonds. The van der Waals surface area contributed by atoms with E-state index in [0.29, 0.717) is 25.1 Å². The number of benzene rings is 1. The van der Waals surface area contributed by atoms with E-state index in [1.165, 1.54) is 6.92 Å². The van der Waals surface area contributed by atoms with Crippen molar-refractivity contribution < 1.29 is 19.6 Å². The number of carbonyl (C=O) groups is 1. The number of carbonyl (C=O) groups excluding carboxylic acids is 1. The molecule has 6 heteroatoms. The molecule has 3 N–H and O–H groups in total. The fourth-order valence-corrected chi connectivity index (χ4v) is 1.29. The van der Waals surface area contributed by atoms with Gasteiger partial charge in [-0.15, -0.1) is 0 Å². The van der Waals surface area contributed by atoms with E-state index < -0.39 is 7.12 Å². The van der Waals surface area contributed by atoms with Gasteiger partial charge in [0, 0.05) is 12.6 Å². The van der Waals surface area contributed by atoms with E-state index in [0.717, 1.165) is 5.69 Å². The van der Waals surface area contributed by atoms with Gasteiger partial charge in [0.25, 0.3) is 0 Å². The Kier molecular flexibility index (Phi) is 5.52. The van der Waals surface area contributed by atoms with Crippen molar-refractivity contribution in [2.45, 2.75) is 19.7 Å². The molecule has 0 radical (unpaired) electrons. The van der Waals surface area contributed by atoms with Crippen LogP contribution in [0.15, 0.2) is 24.3 Å². The van der Waals surface area contributed by atoms with Gasteiger partial charge in [0.05, 0.1) is 6.61 Å². The maximum Gasteiger partial charge on any atom is 0.451 e. The van der Waals surface area contributed by atoms with Crippen molar-refractivity contribution in [3.63, 3.8) is 0 Å². The van der Waals surface area contributed by atoms with Crippen molar-refractivity contribution in [2.24, 2.45) is 0 Å². The Morgan fingerprint density at radius 1 is 1.35 bits per heavy atom. The lowest BCUT2D eigenvalue weighted by Gasteiger charge is -2.07. The average molecular weight is 237 g/mol. The minimum Gasteiger partial charge on any atom is -0.494 e. The quantitative estimate of drug-likeness (QED) is 0.507. The maximum atomic E-state index is 10.8. The molecule has 0 aliphatic carbocycles. The van der Waals surface area contributed by atoms with Crippen LogP contribution < -0.4 is 10.1 Å². The van der Waals surface area contributed by atoms with Crippen molar-refractivity contribution in [2.75, 3.05) is 11.9 Å². The Labute approximate surface area is 101 Å². The zero-order valence-electron chi connectivity index (χ0n) is 9.72.